The number of rotatable bonds is 9. The summed E-state index contributed by atoms with van der Waals surface area (Å²) in [4.78, 5) is 48.5. The first kappa shape index (κ1) is 30.1. The second-order valence-electron chi connectivity index (χ2n) is 12.1. The van der Waals surface area contributed by atoms with Gasteiger partial charge in [-0.1, -0.05) is 24.3 Å². The van der Waals surface area contributed by atoms with E-state index in [9.17, 15) is 14.4 Å². The van der Waals surface area contributed by atoms with Crippen LogP contribution in [0.2, 0.25) is 0 Å². The van der Waals surface area contributed by atoms with E-state index in [0.717, 1.165) is 16.8 Å². The number of amides is 3. The van der Waals surface area contributed by atoms with Crippen LogP contribution in [0.5, 0.6) is 11.6 Å². The summed E-state index contributed by atoms with van der Waals surface area (Å²) in [6.07, 6.45) is -0.608. The highest BCUT2D eigenvalue weighted by Gasteiger charge is 2.36. The Kier molecular flexibility index (Phi) is 8.44. The zero-order valence-electron chi connectivity index (χ0n) is 25.4. The second kappa shape index (κ2) is 12.6. The molecular weight excluding hydrogens is 580 g/mol. The molecule has 2 N–H and O–H groups in total. The van der Waals surface area contributed by atoms with Gasteiger partial charge in [0, 0.05) is 18.2 Å². The quantitative estimate of drug-likeness (QED) is 0.339. The highest BCUT2D eigenvalue weighted by Crippen LogP contribution is 2.30. The van der Waals surface area contributed by atoms with Crippen molar-refractivity contribution in [2.24, 2.45) is 0 Å². The molecule has 45 heavy (non-hydrogen) atoms. The van der Waals surface area contributed by atoms with Gasteiger partial charge in [0.2, 0.25) is 5.88 Å². The van der Waals surface area contributed by atoms with Gasteiger partial charge in [0.1, 0.15) is 23.6 Å². The number of benzene rings is 1. The van der Waals surface area contributed by atoms with Crippen LogP contribution in [0.3, 0.4) is 0 Å². The number of aromatic nitrogens is 2. The summed E-state index contributed by atoms with van der Waals surface area (Å²) >= 11 is 0. The topological polar surface area (TPSA) is 144 Å². The fourth-order valence-electron chi connectivity index (χ4n) is 5.10. The number of nitrogens with zero attached hydrogens (tertiary/aromatic N) is 4. The first-order valence-corrected chi connectivity index (χ1v) is 14.9. The molecule has 0 bridgehead atoms. The fraction of sp³-hybridized carbons (Fsp3) is 0.406. The Balaban J connectivity index is 0.965. The van der Waals surface area contributed by atoms with Crippen molar-refractivity contribution in [2.75, 3.05) is 43.0 Å². The average molecular weight is 617 g/mol. The molecule has 1 atom stereocenters. The van der Waals surface area contributed by atoms with E-state index < -0.39 is 11.7 Å². The van der Waals surface area contributed by atoms with Crippen molar-refractivity contribution in [2.45, 2.75) is 51.5 Å². The Hall–Kier alpha value is -4.91. The summed E-state index contributed by atoms with van der Waals surface area (Å²) in [6, 6.07) is 17.1. The summed E-state index contributed by atoms with van der Waals surface area (Å²) < 4.78 is 22.3. The van der Waals surface area contributed by atoms with Gasteiger partial charge in [0.25, 0.3) is 5.91 Å². The number of anilines is 2. The Morgan fingerprint density at radius 1 is 1.07 bits per heavy atom. The van der Waals surface area contributed by atoms with Gasteiger partial charge >= 0.3 is 12.2 Å². The molecule has 3 aliphatic rings. The van der Waals surface area contributed by atoms with Crippen LogP contribution >= 0.6 is 0 Å². The van der Waals surface area contributed by atoms with Crippen LogP contribution in [0, 0.1) is 0 Å². The predicted octanol–water partition coefficient (Wildman–Crippen LogP) is 3.98. The summed E-state index contributed by atoms with van der Waals surface area (Å²) in [5.74, 6) is 1.38. The molecule has 2 saturated heterocycles. The van der Waals surface area contributed by atoms with Gasteiger partial charge in [-0.2, -0.15) is 0 Å². The number of pyridine rings is 2. The van der Waals surface area contributed by atoms with Crippen molar-refractivity contribution in [3.8, 4) is 22.9 Å². The third kappa shape index (κ3) is 7.43. The van der Waals surface area contributed by atoms with Gasteiger partial charge in [-0.15, -0.1) is 0 Å². The van der Waals surface area contributed by atoms with Gasteiger partial charge in [-0.25, -0.2) is 19.6 Å². The van der Waals surface area contributed by atoms with E-state index in [1.807, 2.05) is 57.2 Å². The molecule has 2 fully saturated rings. The lowest BCUT2D eigenvalue weighted by atomic mass is 10.1. The van der Waals surface area contributed by atoms with Gasteiger partial charge in [0.05, 0.1) is 25.3 Å². The third-order valence-corrected chi connectivity index (χ3v) is 7.32. The first-order valence-electron chi connectivity index (χ1n) is 14.9. The smallest absolute Gasteiger partial charge is 0.415 e. The number of fused-ring (bicyclic) bond motifs is 1. The molecule has 3 amide bonds. The highest BCUT2D eigenvalue weighted by molar-refractivity contribution is 5.95. The van der Waals surface area contributed by atoms with Crippen molar-refractivity contribution < 1.29 is 33.3 Å². The van der Waals surface area contributed by atoms with E-state index in [0.29, 0.717) is 62.4 Å². The molecule has 0 aliphatic carbocycles. The van der Waals surface area contributed by atoms with E-state index in [1.54, 1.807) is 17.0 Å². The van der Waals surface area contributed by atoms with Crippen LogP contribution in [-0.2, 0) is 20.8 Å². The molecule has 0 spiro atoms. The number of hydrogen-bond donors (Lipinski definition) is 2. The molecule has 236 valence electrons. The van der Waals surface area contributed by atoms with E-state index in [-0.39, 0.29) is 30.8 Å². The summed E-state index contributed by atoms with van der Waals surface area (Å²) in [7, 11) is 0. The third-order valence-electron chi connectivity index (χ3n) is 7.32. The van der Waals surface area contributed by atoms with Gasteiger partial charge in [-0.05, 0) is 63.6 Å². The minimum absolute atomic E-state index is 0.0580. The molecule has 3 aliphatic heterocycles. The molecule has 0 saturated carbocycles. The highest BCUT2D eigenvalue weighted by atomic mass is 16.6. The number of carbonyl (C=O) groups is 3. The van der Waals surface area contributed by atoms with E-state index >= 15 is 0 Å². The van der Waals surface area contributed by atoms with Crippen LogP contribution in [0.4, 0.5) is 21.2 Å². The number of hydrogen-bond acceptors (Lipinski definition) is 10. The maximum absolute atomic E-state index is 12.5. The monoisotopic (exact) mass is 616 g/mol. The standard InChI is InChI=1S/C32H36N6O7/c1-32(2,3)45-30(40)37-16-23(17-37)43-28-9-5-8-24(34-28)21-7-4-6-20(14-21)15-33-13-12-22-18-38(31(41)44-22)26-11-10-25-29(35-26)36-27(39)19-42-25/h4-11,14,22-23,33H,12-13,15-19H2,1-3H3,(H,35,36,39)/t22-/m0/s1. The minimum atomic E-state index is -0.532. The molecule has 1 aromatic carbocycles. The second-order valence-corrected chi connectivity index (χ2v) is 12.1. The van der Waals surface area contributed by atoms with Gasteiger partial charge in [0.15, 0.2) is 18.2 Å². The zero-order chi connectivity index (χ0) is 31.6. The van der Waals surface area contributed by atoms with Crippen LogP contribution < -0.4 is 25.0 Å². The molecule has 3 aromatic rings. The first-order chi connectivity index (χ1) is 21.6. The number of ether oxygens (including phenoxy) is 4. The Bertz CT molecular complexity index is 1590. The molecule has 0 radical (unpaired) electrons. The molecule has 13 nitrogen and oxygen atoms in total. The van der Waals surface area contributed by atoms with E-state index in [2.05, 4.69) is 26.7 Å². The summed E-state index contributed by atoms with van der Waals surface area (Å²) in [5, 5.41) is 6.08. The molecular formula is C32H36N6O7. The van der Waals surface area contributed by atoms with E-state index in [1.165, 1.54) is 4.90 Å². The summed E-state index contributed by atoms with van der Waals surface area (Å²) in [5.41, 5.74) is 2.30. The Labute approximate surface area is 260 Å². The normalized spacial score (nSPS) is 18.0. The van der Waals surface area contributed by atoms with Crippen molar-refractivity contribution >= 4 is 29.7 Å². The zero-order valence-corrected chi connectivity index (χ0v) is 25.4. The van der Waals surface area contributed by atoms with Crippen LogP contribution in [0.15, 0.2) is 54.6 Å². The largest absolute Gasteiger partial charge is 0.480 e. The number of likely N-dealkylation sites (tertiary alicyclic amines) is 1. The predicted molar refractivity (Wildman–Crippen MR) is 164 cm³/mol. The van der Waals surface area contributed by atoms with Crippen molar-refractivity contribution in [1.29, 1.82) is 0 Å². The van der Waals surface area contributed by atoms with Crippen LogP contribution in [0.25, 0.3) is 11.3 Å². The molecule has 0 unspecified atom stereocenters. The SMILES string of the molecule is CC(C)(C)OC(=O)N1CC(Oc2cccc(-c3cccc(CNCC[C@H]4CN(c5ccc6c(n5)NC(=O)CO6)C(=O)O4)c3)n2)C1. The van der Waals surface area contributed by atoms with Crippen molar-refractivity contribution in [3.05, 3.63) is 60.2 Å². The summed E-state index contributed by atoms with van der Waals surface area (Å²) in [6.45, 7) is 8.02. The van der Waals surface area contributed by atoms with Crippen LogP contribution in [0.1, 0.15) is 32.8 Å². The van der Waals surface area contributed by atoms with Gasteiger partial charge in [-0.3, -0.25) is 9.69 Å². The maximum Gasteiger partial charge on any atom is 0.415 e. The van der Waals surface area contributed by atoms with Gasteiger partial charge < -0.3 is 34.5 Å². The Morgan fingerprint density at radius 3 is 2.71 bits per heavy atom. The van der Waals surface area contributed by atoms with Crippen LogP contribution in [-0.4, -0.2) is 83.6 Å². The number of nitrogens with one attached hydrogen (secondary N) is 2. The maximum atomic E-state index is 12.5. The molecule has 5 heterocycles. The van der Waals surface area contributed by atoms with Crippen molar-refractivity contribution in [3.63, 3.8) is 0 Å². The molecule has 13 heteroatoms. The lowest BCUT2D eigenvalue weighted by Gasteiger charge is -2.39. The molecule has 6 rings (SSSR count). The average Bonchev–Trinajstić information content (AvgIpc) is 3.36. The van der Waals surface area contributed by atoms with E-state index in [4.69, 9.17) is 18.9 Å². The number of cyclic esters (lactones) is 1. The minimum Gasteiger partial charge on any atom is -0.480 e. The number of carbonyl (C=O) groups excluding carboxylic acids is 3. The lowest BCUT2D eigenvalue weighted by molar-refractivity contribution is -0.118. The van der Waals surface area contributed by atoms with Crippen molar-refractivity contribution in [1.82, 2.24) is 20.2 Å². The molecule has 2 aromatic heterocycles. The fourth-order valence-corrected chi connectivity index (χ4v) is 5.10. The lowest BCUT2D eigenvalue weighted by Crippen LogP contribution is -2.57. The Morgan fingerprint density at radius 2 is 1.89 bits per heavy atom.